The highest BCUT2D eigenvalue weighted by Crippen LogP contribution is 2.03. The standard InChI is InChI=1S/C5H7N3O4/c9-2-1-6-5-8-7-3(12-5)4(10)11/h9H,1-2H2,(H,6,8)(H,10,11). The summed E-state index contributed by atoms with van der Waals surface area (Å²) >= 11 is 0. The number of hydrogen-bond donors (Lipinski definition) is 3. The Kier molecular flexibility index (Phi) is 2.59. The highest BCUT2D eigenvalue weighted by molar-refractivity contribution is 5.81. The molecule has 0 aliphatic rings. The first-order chi connectivity index (χ1) is 5.74. The molecule has 0 atom stereocenters. The zero-order valence-corrected chi connectivity index (χ0v) is 6.02. The monoisotopic (exact) mass is 173 g/mol. The summed E-state index contributed by atoms with van der Waals surface area (Å²) in [5.41, 5.74) is 0. The van der Waals surface area contributed by atoms with Crippen LogP contribution in [0.2, 0.25) is 0 Å². The molecule has 1 aromatic heterocycles. The molecule has 0 bridgehead atoms. The third-order valence-electron chi connectivity index (χ3n) is 0.996. The highest BCUT2D eigenvalue weighted by Gasteiger charge is 2.11. The van der Waals surface area contributed by atoms with E-state index in [9.17, 15) is 4.79 Å². The average molecular weight is 173 g/mol. The maximum Gasteiger partial charge on any atom is 0.393 e. The van der Waals surface area contributed by atoms with Gasteiger partial charge >= 0.3 is 17.9 Å². The maximum absolute atomic E-state index is 10.2. The van der Waals surface area contributed by atoms with Crippen LogP contribution in [0, 0.1) is 0 Å². The SMILES string of the molecule is O=C(O)c1nnc(NCCO)o1. The number of nitrogens with one attached hydrogen (secondary N) is 1. The Hall–Kier alpha value is -1.63. The normalized spacial score (nSPS) is 9.75. The lowest BCUT2D eigenvalue weighted by Crippen LogP contribution is -2.05. The molecule has 0 saturated carbocycles. The molecule has 0 unspecified atom stereocenters. The van der Waals surface area contributed by atoms with Crippen molar-refractivity contribution in [3.05, 3.63) is 5.89 Å². The molecule has 0 aromatic carbocycles. The van der Waals surface area contributed by atoms with Gasteiger partial charge in [-0.3, -0.25) is 0 Å². The Labute approximate surface area is 67.0 Å². The lowest BCUT2D eigenvalue weighted by molar-refractivity contribution is 0.0654. The van der Waals surface area contributed by atoms with Gasteiger partial charge in [-0.05, 0) is 0 Å². The lowest BCUT2D eigenvalue weighted by Gasteiger charge is -1.93. The van der Waals surface area contributed by atoms with Gasteiger partial charge in [-0.2, -0.15) is 0 Å². The summed E-state index contributed by atoms with van der Waals surface area (Å²) in [7, 11) is 0. The van der Waals surface area contributed by atoms with Crippen molar-refractivity contribution in [2.24, 2.45) is 0 Å². The van der Waals surface area contributed by atoms with Crippen molar-refractivity contribution in [2.45, 2.75) is 0 Å². The zero-order valence-electron chi connectivity index (χ0n) is 6.02. The number of anilines is 1. The fraction of sp³-hybridized carbons (Fsp3) is 0.400. The number of hydrogen-bond acceptors (Lipinski definition) is 6. The van der Waals surface area contributed by atoms with Crippen LogP contribution >= 0.6 is 0 Å². The fourth-order valence-corrected chi connectivity index (χ4v) is 0.544. The van der Waals surface area contributed by atoms with E-state index in [1.807, 2.05) is 0 Å². The third kappa shape index (κ3) is 1.92. The largest absolute Gasteiger partial charge is 0.474 e. The molecule has 0 fully saturated rings. The second-order valence-electron chi connectivity index (χ2n) is 1.87. The van der Waals surface area contributed by atoms with E-state index in [1.165, 1.54) is 0 Å². The Bertz CT molecular complexity index is 271. The van der Waals surface area contributed by atoms with E-state index in [-0.39, 0.29) is 19.2 Å². The van der Waals surface area contributed by atoms with Crippen LogP contribution in [0.4, 0.5) is 6.01 Å². The van der Waals surface area contributed by atoms with Gasteiger partial charge in [-0.25, -0.2) is 4.79 Å². The minimum Gasteiger partial charge on any atom is -0.474 e. The summed E-state index contributed by atoms with van der Waals surface area (Å²) in [4.78, 5) is 10.2. The average Bonchev–Trinajstić information content (AvgIpc) is 2.48. The molecular formula is C5H7N3O4. The van der Waals surface area contributed by atoms with Gasteiger partial charge in [0.25, 0.3) is 0 Å². The number of nitrogens with zero attached hydrogens (tertiary/aromatic N) is 2. The van der Waals surface area contributed by atoms with Crippen molar-refractivity contribution in [2.75, 3.05) is 18.5 Å². The predicted octanol–water partition coefficient (Wildman–Crippen LogP) is -0.828. The molecule has 66 valence electrons. The predicted molar refractivity (Wildman–Crippen MR) is 36.8 cm³/mol. The van der Waals surface area contributed by atoms with Crippen LogP contribution in [0.1, 0.15) is 10.7 Å². The number of aromatic nitrogens is 2. The molecular weight excluding hydrogens is 166 g/mol. The number of carboxylic acid groups (broad SMARTS) is 1. The number of aliphatic hydroxyl groups excluding tert-OH is 1. The van der Waals surface area contributed by atoms with Crippen LogP contribution in [0.5, 0.6) is 0 Å². The summed E-state index contributed by atoms with van der Waals surface area (Å²) in [6, 6.07) is -0.0125. The van der Waals surface area contributed by atoms with Crippen LogP contribution in [0.25, 0.3) is 0 Å². The number of carboxylic acids is 1. The van der Waals surface area contributed by atoms with Crippen molar-refractivity contribution in [1.82, 2.24) is 10.2 Å². The minimum absolute atomic E-state index is 0.0125. The van der Waals surface area contributed by atoms with Gasteiger partial charge in [0, 0.05) is 6.54 Å². The molecule has 12 heavy (non-hydrogen) atoms. The topological polar surface area (TPSA) is 108 Å². The first-order valence-electron chi connectivity index (χ1n) is 3.15. The van der Waals surface area contributed by atoms with E-state index in [4.69, 9.17) is 10.2 Å². The molecule has 0 radical (unpaired) electrons. The van der Waals surface area contributed by atoms with Crippen molar-refractivity contribution >= 4 is 12.0 Å². The molecule has 3 N–H and O–H groups in total. The third-order valence-corrected chi connectivity index (χ3v) is 0.996. The molecule has 1 heterocycles. The Morgan fingerprint density at radius 3 is 2.83 bits per heavy atom. The summed E-state index contributed by atoms with van der Waals surface area (Å²) in [5.74, 6) is -1.75. The molecule has 7 nitrogen and oxygen atoms in total. The number of aliphatic hydroxyl groups is 1. The first kappa shape index (κ1) is 8.47. The van der Waals surface area contributed by atoms with E-state index in [2.05, 4.69) is 19.9 Å². The quantitative estimate of drug-likeness (QED) is 0.545. The van der Waals surface area contributed by atoms with E-state index in [1.54, 1.807) is 0 Å². The molecule has 7 heteroatoms. The fourth-order valence-electron chi connectivity index (χ4n) is 0.544. The van der Waals surface area contributed by atoms with Gasteiger partial charge in [0.2, 0.25) is 0 Å². The molecule has 0 aliphatic heterocycles. The van der Waals surface area contributed by atoms with E-state index in [0.29, 0.717) is 0 Å². The van der Waals surface area contributed by atoms with E-state index < -0.39 is 11.9 Å². The van der Waals surface area contributed by atoms with Crippen LogP contribution < -0.4 is 5.32 Å². The highest BCUT2D eigenvalue weighted by atomic mass is 16.4. The molecule has 0 amide bonds. The van der Waals surface area contributed by atoms with Gasteiger partial charge in [-0.1, -0.05) is 10.2 Å². The summed E-state index contributed by atoms with van der Waals surface area (Å²) < 4.78 is 4.60. The van der Waals surface area contributed by atoms with Gasteiger partial charge in [0.15, 0.2) is 0 Å². The maximum atomic E-state index is 10.2. The van der Waals surface area contributed by atoms with Crippen LogP contribution in [-0.4, -0.2) is 39.5 Å². The summed E-state index contributed by atoms with van der Waals surface area (Å²) in [6.07, 6.45) is 0. The Balaban J connectivity index is 2.58. The zero-order chi connectivity index (χ0) is 8.97. The van der Waals surface area contributed by atoms with Gasteiger partial charge < -0.3 is 19.9 Å². The molecule has 1 rings (SSSR count). The molecule has 0 saturated heterocycles. The van der Waals surface area contributed by atoms with Crippen LogP contribution in [-0.2, 0) is 0 Å². The van der Waals surface area contributed by atoms with Crippen molar-refractivity contribution in [1.29, 1.82) is 0 Å². The van der Waals surface area contributed by atoms with Gasteiger partial charge in [-0.15, -0.1) is 0 Å². The number of aromatic carboxylic acids is 1. The van der Waals surface area contributed by atoms with Crippen LogP contribution in [0.3, 0.4) is 0 Å². The Morgan fingerprint density at radius 2 is 2.33 bits per heavy atom. The Morgan fingerprint density at radius 1 is 1.58 bits per heavy atom. The van der Waals surface area contributed by atoms with Crippen LogP contribution in [0.15, 0.2) is 4.42 Å². The lowest BCUT2D eigenvalue weighted by atomic mass is 10.7. The van der Waals surface area contributed by atoms with E-state index >= 15 is 0 Å². The van der Waals surface area contributed by atoms with Crippen molar-refractivity contribution in [3.8, 4) is 0 Å². The van der Waals surface area contributed by atoms with Crippen molar-refractivity contribution < 1.29 is 19.4 Å². The van der Waals surface area contributed by atoms with E-state index in [0.717, 1.165) is 0 Å². The molecule has 1 aromatic rings. The minimum atomic E-state index is -1.28. The smallest absolute Gasteiger partial charge is 0.393 e. The number of rotatable bonds is 4. The van der Waals surface area contributed by atoms with Crippen molar-refractivity contribution in [3.63, 3.8) is 0 Å². The second-order valence-corrected chi connectivity index (χ2v) is 1.87. The number of carbonyl (C=O) groups is 1. The van der Waals surface area contributed by atoms with Gasteiger partial charge in [0.05, 0.1) is 6.61 Å². The second kappa shape index (κ2) is 3.67. The first-order valence-corrected chi connectivity index (χ1v) is 3.15. The van der Waals surface area contributed by atoms with Gasteiger partial charge in [0.1, 0.15) is 0 Å². The molecule has 0 aliphatic carbocycles. The summed E-state index contributed by atoms with van der Waals surface area (Å²) in [5, 5.41) is 25.8. The summed E-state index contributed by atoms with van der Waals surface area (Å²) in [6.45, 7) is 0.145. The molecule has 0 spiro atoms.